The number of fused-ring (bicyclic) bond motifs is 4. The van der Waals surface area contributed by atoms with E-state index in [1.54, 1.807) is 0 Å². The van der Waals surface area contributed by atoms with Gasteiger partial charge in [0.25, 0.3) is 13.0 Å². The summed E-state index contributed by atoms with van der Waals surface area (Å²) in [6.45, 7) is -5.72. The second-order valence-electron chi connectivity index (χ2n) is 10.1. The van der Waals surface area contributed by atoms with Crippen LogP contribution in [0.15, 0.2) is 23.8 Å². The minimum absolute atomic E-state index is 0.0349. The van der Waals surface area contributed by atoms with Gasteiger partial charge in [0.05, 0.1) is 25.9 Å². The van der Waals surface area contributed by atoms with Gasteiger partial charge in [0.15, 0.2) is 47.4 Å². The molecular formula is C20H21BF2N10O9P2S. The zero-order valence-electron chi connectivity index (χ0n) is 22.4. The highest BCUT2D eigenvalue weighted by molar-refractivity contribution is 8.07. The molecule has 4 aromatic heterocycles. The first-order chi connectivity index (χ1) is 21.3. The van der Waals surface area contributed by atoms with Crippen molar-refractivity contribution in [1.82, 2.24) is 39.0 Å². The molecule has 0 spiro atoms. The Morgan fingerprint density at radius 3 is 2.24 bits per heavy atom. The first-order valence-corrected chi connectivity index (χ1v) is 17.1. The Balaban J connectivity index is 1.17. The van der Waals surface area contributed by atoms with Gasteiger partial charge in [-0.2, -0.15) is 4.98 Å². The van der Waals surface area contributed by atoms with Crippen molar-refractivity contribution in [2.24, 2.45) is 0 Å². The predicted molar refractivity (Wildman–Crippen MR) is 151 cm³/mol. The summed E-state index contributed by atoms with van der Waals surface area (Å²) in [5.74, 6) is -0.235. The number of rotatable bonds is 2. The largest absolute Gasteiger partial charge is 0.382 e. The molecule has 7 rings (SSSR count). The van der Waals surface area contributed by atoms with Gasteiger partial charge >= 0.3 is 6.72 Å². The van der Waals surface area contributed by atoms with Crippen LogP contribution in [-0.2, 0) is 43.9 Å². The lowest BCUT2D eigenvalue weighted by Crippen LogP contribution is -2.37. The molecule has 3 aliphatic rings. The topological polar surface area (TPSA) is 252 Å². The number of imidazole rings is 2. The van der Waals surface area contributed by atoms with Crippen molar-refractivity contribution in [3.63, 3.8) is 0 Å². The lowest BCUT2D eigenvalue weighted by molar-refractivity contribution is -0.0566. The van der Waals surface area contributed by atoms with E-state index in [0.717, 1.165) is 17.2 Å². The predicted octanol–water partition coefficient (Wildman–Crippen LogP) is -0.0945. The number of nitrogens with zero attached hydrogens (tertiary/aromatic N) is 7. The van der Waals surface area contributed by atoms with Crippen molar-refractivity contribution in [1.29, 1.82) is 0 Å². The Bertz CT molecular complexity index is 1950. The molecule has 2 radical (unpaired) electrons. The fraction of sp³-hybridized carbons (Fsp3) is 0.500. The number of H-pyrrole nitrogens is 1. The molecule has 25 heteroatoms. The number of anilines is 2. The third-order valence-electron chi connectivity index (χ3n) is 7.26. The molecule has 3 fully saturated rings. The van der Waals surface area contributed by atoms with Crippen LogP contribution in [0, 0.1) is 0 Å². The summed E-state index contributed by atoms with van der Waals surface area (Å²) in [6.07, 6.45) is -9.99. The van der Waals surface area contributed by atoms with Gasteiger partial charge in [0.1, 0.15) is 36.3 Å². The van der Waals surface area contributed by atoms with Crippen molar-refractivity contribution in [3.8, 4) is 0 Å². The molecule has 4 aromatic rings. The number of hydrogen-bond acceptors (Lipinski definition) is 16. The lowest BCUT2D eigenvalue weighted by atomic mass is 10.1. The zero-order chi connectivity index (χ0) is 31.8. The minimum atomic E-state index is -4.62. The van der Waals surface area contributed by atoms with E-state index in [4.69, 9.17) is 58.4 Å². The number of aromatic nitrogens is 8. The number of hydrogen-bond donors (Lipinski definition) is 4. The van der Waals surface area contributed by atoms with Gasteiger partial charge in [-0.15, -0.1) is 0 Å². The third-order valence-corrected chi connectivity index (χ3v) is 9.87. The van der Waals surface area contributed by atoms with Gasteiger partial charge in [0, 0.05) is 0 Å². The smallest absolute Gasteiger partial charge is 0.325 e. The summed E-state index contributed by atoms with van der Waals surface area (Å²) in [5, 5.41) is 0. The van der Waals surface area contributed by atoms with Crippen molar-refractivity contribution < 1.29 is 45.8 Å². The van der Waals surface area contributed by atoms with Crippen LogP contribution in [0.1, 0.15) is 12.5 Å². The molecule has 6 N–H and O–H groups in total. The lowest BCUT2D eigenvalue weighted by Gasteiger charge is -2.29. The summed E-state index contributed by atoms with van der Waals surface area (Å²) in [5.41, 5.74) is 10.8. The second-order valence-corrected chi connectivity index (χ2v) is 14.5. The van der Waals surface area contributed by atoms with Crippen LogP contribution in [0.4, 0.5) is 20.5 Å². The van der Waals surface area contributed by atoms with Gasteiger partial charge in [0.2, 0.25) is 13.5 Å². The van der Waals surface area contributed by atoms with E-state index in [2.05, 4.69) is 29.9 Å². The Labute approximate surface area is 255 Å². The van der Waals surface area contributed by atoms with E-state index in [0.29, 0.717) is 0 Å². The van der Waals surface area contributed by atoms with E-state index in [1.165, 1.54) is 10.9 Å². The van der Waals surface area contributed by atoms with Crippen LogP contribution < -0.4 is 17.0 Å². The first kappa shape index (κ1) is 30.7. The molecule has 0 aromatic carbocycles. The number of nitrogens with one attached hydrogen (secondary N) is 1. The SMILES string of the molecule is [B][P@]1(=O)OC[C@H]2O[C@@H](n3cnc4c(=O)[nH]c(N)nc43)C(F)C2OP(O)(=S)OC[C@H]2O[C@@H](n3cnc4c(N)ncnc43)C(F)C2O1. The summed E-state index contributed by atoms with van der Waals surface area (Å²) < 4.78 is 80.7. The molecule has 10 atom stereocenters. The average molecular weight is 688 g/mol. The molecule has 238 valence electrons. The monoisotopic (exact) mass is 688 g/mol. The zero-order valence-corrected chi connectivity index (χ0v) is 25.0. The van der Waals surface area contributed by atoms with Crippen molar-refractivity contribution in [3.05, 3.63) is 29.3 Å². The molecule has 0 aliphatic carbocycles. The number of alkyl halides is 2. The van der Waals surface area contributed by atoms with Gasteiger partial charge in [-0.3, -0.25) is 28.0 Å². The highest BCUT2D eigenvalue weighted by atomic mass is 32.5. The molecule has 3 saturated heterocycles. The maximum atomic E-state index is 16.0. The molecule has 19 nitrogen and oxygen atoms in total. The standard InChI is InChI=1S/C20H21BF2N10O9P2S/c21-43(35)37-1-6-13(9(23)19(39-6)33-5-29-11-16(33)30-20(25)31-17(11)34)42-44(36,45)38-2-7-12(41-43)8(22)18(40-7)32-4-28-10-14(24)26-3-27-15(10)32/h3-9,12-13,18-19H,1-2H2,(H,36,45)(H2,24,26,27)(H3,25,30,31,34)/t6-,7-,8?,9?,12?,13?,18-,19-,43+,44?/m1/s1. The summed E-state index contributed by atoms with van der Waals surface area (Å²) >= 11 is 5.12. The van der Waals surface area contributed by atoms with Gasteiger partial charge in [-0.05, 0) is 11.8 Å². The van der Waals surface area contributed by atoms with E-state index < -0.39 is 82.2 Å². The van der Waals surface area contributed by atoms with Crippen molar-refractivity contribution >= 4 is 67.7 Å². The first-order valence-electron chi connectivity index (χ1n) is 12.9. The van der Waals surface area contributed by atoms with Crippen LogP contribution >= 0.6 is 14.2 Å². The van der Waals surface area contributed by atoms with E-state index in [9.17, 15) is 14.3 Å². The highest BCUT2D eigenvalue weighted by Crippen LogP contribution is 2.54. The summed E-state index contributed by atoms with van der Waals surface area (Å²) in [7, 11) is 1.20. The van der Waals surface area contributed by atoms with E-state index >= 15 is 8.78 Å². The van der Waals surface area contributed by atoms with E-state index in [-0.39, 0.29) is 34.1 Å². The van der Waals surface area contributed by atoms with Crippen LogP contribution in [-0.4, -0.2) is 101 Å². The number of nitrogens with two attached hydrogens (primary N) is 2. The van der Waals surface area contributed by atoms with Crippen molar-refractivity contribution in [2.45, 2.75) is 49.2 Å². The molecule has 0 saturated carbocycles. The molecule has 3 aliphatic heterocycles. The molecule has 0 bridgehead atoms. The second kappa shape index (κ2) is 11.1. The third kappa shape index (κ3) is 5.45. The van der Waals surface area contributed by atoms with Gasteiger partial charge in [-0.1, -0.05) is 0 Å². The van der Waals surface area contributed by atoms with Crippen LogP contribution in [0.3, 0.4) is 0 Å². The Kier molecular flexibility index (Phi) is 7.55. The fourth-order valence-electron chi connectivity index (χ4n) is 5.27. The summed E-state index contributed by atoms with van der Waals surface area (Å²) in [6, 6.07) is 0. The number of nitrogen functional groups attached to an aromatic ring is 2. The summed E-state index contributed by atoms with van der Waals surface area (Å²) in [4.78, 5) is 45.3. The Morgan fingerprint density at radius 1 is 0.956 bits per heavy atom. The number of ether oxygens (including phenoxy) is 2. The van der Waals surface area contributed by atoms with E-state index in [1.807, 2.05) is 0 Å². The average Bonchev–Trinajstić information content (AvgIpc) is 3.72. The molecule has 0 amide bonds. The van der Waals surface area contributed by atoms with Gasteiger partial charge in [-0.25, -0.2) is 28.7 Å². The van der Waals surface area contributed by atoms with Crippen LogP contribution in [0.5, 0.6) is 0 Å². The van der Waals surface area contributed by atoms with Crippen LogP contribution in [0.25, 0.3) is 22.3 Å². The quantitative estimate of drug-likeness (QED) is 0.159. The molecule has 45 heavy (non-hydrogen) atoms. The number of halogens is 2. The Morgan fingerprint density at radius 2 is 1.56 bits per heavy atom. The maximum absolute atomic E-state index is 16.0. The normalized spacial score (nSPS) is 37.7. The van der Waals surface area contributed by atoms with Crippen LogP contribution in [0.2, 0.25) is 0 Å². The van der Waals surface area contributed by atoms with Gasteiger partial charge < -0.3 is 39.4 Å². The minimum Gasteiger partial charge on any atom is -0.382 e. The molecule has 7 heterocycles. The Hall–Kier alpha value is -2.98. The maximum Gasteiger partial charge on any atom is 0.325 e. The number of aromatic amines is 1. The fourth-order valence-corrected chi connectivity index (χ4v) is 7.71. The molecular weight excluding hydrogens is 667 g/mol. The molecule has 5 unspecified atom stereocenters. The van der Waals surface area contributed by atoms with Crippen molar-refractivity contribution in [2.75, 3.05) is 24.7 Å². The highest BCUT2D eigenvalue weighted by Gasteiger charge is 2.53.